The summed E-state index contributed by atoms with van der Waals surface area (Å²) in [4.78, 5) is 43.2. The maximum Gasteiger partial charge on any atom is 0.321 e. The molecule has 33 heavy (non-hydrogen) atoms. The lowest BCUT2D eigenvalue weighted by molar-refractivity contribution is -0.158. The fourth-order valence-corrected chi connectivity index (χ4v) is 4.54. The summed E-state index contributed by atoms with van der Waals surface area (Å²) in [5.41, 5.74) is 3.79. The highest BCUT2D eigenvalue weighted by molar-refractivity contribution is 6.35. The Morgan fingerprint density at radius 1 is 0.970 bits per heavy atom. The first-order valence-corrected chi connectivity index (χ1v) is 11.7. The summed E-state index contributed by atoms with van der Waals surface area (Å²) >= 11 is 6.14. The highest BCUT2D eigenvalue weighted by Crippen LogP contribution is 2.23. The summed E-state index contributed by atoms with van der Waals surface area (Å²) in [7, 11) is 0. The summed E-state index contributed by atoms with van der Waals surface area (Å²) in [6.07, 6.45) is 1.30. The molecular formula is C25H29ClN4O3. The summed E-state index contributed by atoms with van der Waals surface area (Å²) in [5, 5.41) is 3.49. The van der Waals surface area contributed by atoms with Crippen molar-refractivity contribution in [1.82, 2.24) is 14.7 Å². The molecule has 0 saturated carbocycles. The Labute approximate surface area is 199 Å². The normalized spacial score (nSPS) is 17.5. The highest BCUT2D eigenvalue weighted by atomic mass is 35.5. The Bertz CT molecular complexity index is 1050. The van der Waals surface area contributed by atoms with Gasteiger partial charge in [0, 0.05) is 49.5 Å². The molecule has 2 aliphatic rings. The molecule has 2 aromatic carbocycles. The van der Waals surface area contributed by atoms with E-state index in [9.17, 15) is 14.4 Å². The van der Waals surface area contributed by atoms with Crippen molar-refractivity contribution >= 4 is 35.1 Å². The molecule has 0 unspecified atom stereocenters. The number of urea groups is 1. The SMILES string of the molecule is Cc1ccc(CN2CCN(C3CCN(C(=O)Nc4ccc(C)c(Cl)c4)CC3)C(=O)C2=O)cc1. The first-order valence-electron chi connectivity index (χ1n) is 11.3. The van der Waals surface area contributed by atoms with Gasteiger partial charge >= 0.3 is 17.8 Å². The van der Waals surface area contributed by atoms with E-state index in [1.54, 1.807) is 20.8 Å². The molecule has 174 valence electrons. The zero-order valence-electron chi connectivity index (χ0n) is 19.0. The van der Waals surface area contributed by atoms with E-state index < -0.39 is 11.8 Å². The number of likely N-dealkylation sites (tertiary alicyclic amines) is 1. The van der Waals surface area contributed by atoms with Gasteiger partial charge in [-0.15, -0.1) is 0 Å². The Morgan fingerprint density at radius 2 is 1.67 bits per heavy atom. The number of piperazine rings is 1. The predicted octanol–water partition coefficient (Wildman–Crippen LogP) is 3.82. The topological polar surface area (TPSA) is 73.0 Å². The van der Waals surface area contributed by atoms with Crippen molar-refractivity contribution in [2.45, 2.75) is 39.3 Å². The first-order chi connectivity index (χ1) is 15.8. The van der Waals surface area contributed by atoms with Crippen LogP contribution in [0, 0.1) is 13.8 Å². The van der Waals surface area contributed by atoms with Gasteiger partial charge in [0.05, 0.1) is 0 Å². The van der Waals surface area contributed by atoms with Gasteiger partial charge in [-0.05, 0) is 49.9 Å². The molecule has 0 aromatic heterocycles. The number of hydrogen-bond acceptors (Lipinski definition) is 3. The minimum absolute atomic E-state index is 0.0270. The van der Waals surface area contributed by atoms with E-state index in [0.717, 1.165) is 16.7 Å². The number of carbonyl (C=O) groups excluding carboxylic acids is 3. The molecular weight excluding hydrogens is 440 g/mol. The zero-order valence-corrected chi connectivity index (χ0v) is 19.8. The monoisotopic (exact) mass is 468 g/mol. The van der Waals surface area contributed by atoms with Gasteiger partial charge in [0.1, 0.15) is 0 Å². The van der Waals surface area contributed by atoms with Gasteiger partial charge < -0.3 is 20.0 Å². The molecule has 2 saturated heterocycles. The minimum atomic E-state index is -0.446. The second-order valence-electron chi connectivity index (χ2n) is 8.82. The number of nitrogens with zero attached hydrogens (tertiary/aromatic N) is 3. The van der Waals surface area contributed by atoms with Crippen LogP contribution in [0.3, 0.4) is 0 Å². The number of hydrogen-bond donors (Lipinski definition) is 1. The van der Waals surface area contributed by atoms with Crippen LogP contribution in [-0.4, -0.2) is 64.8 Å². The molecule has 2 aliphatic heterocycles. The van der Waals surface area contributed by atoms with Gasteiger partial charge in [-0.2, -0.15) is 0 Å². The van der Waals surface area contributed by atoms with Crippen LogP contribution in [0.2, 0.25) is 5.02 Å². The lowest BCUT2D eigenvalue weighted by atomic mass is 10.0. The van der Waals surface area contributed by atoms with Crippen molar-refractivity contribution < 1.29 is 14.4 Å². The van der Waals surface area contributed by atoms with Crippen molar-refractivity contribution in [2.75, 3.05) is 31.5 Å². The third-order valence-corrected chi connectivity index (χ3v) is 6.86. The van der Waals surface area contributed by atoms with E-state index >= 15 is 0 Å². The van der Waals surface area contributed by atoms with Gasteiger partial charge in [0.2, 0.25) is 0 Å². The van der Waals surface area contributed by atoms with E-state index in [1.807, 2.05) is 50.2 Å². The summed E-state index contributed by atoms with van der Waals surface area (Å²) in [6, 6.07) is 13.2. The standard InChI is InChI=1S/C25H29ClN4O3/c1-17-3-6-19(7-4-17)16-29-13-14-30(24(32)23(29)31)21-9-11-28(12-10-21)25(33)27-20-8-5-18(2)22(26)15-20/h3-8,15,21H,9-14,16H2,1-2H3,(H,27,33). The fraction of sp³-hybridized carbons (Fsp3) is 0.400. The van der Waals surface area contributed by atoms with E-state index in [4.69, 9.17) is 11.6 Å². The largest absolute Gasteiger partial charge is 0.330 e. The van der Waals surface area contributed by atoms with Crippen LogP contribution < -0.4 is 5.32 Å². The second-order valence-corrected chi connectivity index (χ2v) is 9.23. The molecule has 0 bridgehead atoms. The van der Waals surface area contributed by atoms with Gasteiger partial charge in [0.25, 0.3) is 0 Å². The molecule has 2 aromatic rings. The molecule has 0 radical (unpaired) electrons. The number of rotatable bonds is 4. The Kier molecular flexibility index (Phi) is 6.88. The van der Waals surface area contributed by atoms with Crippen LogP contribution in [0.4, 0.5) is 10.5 Å². The molecule has 8 heteroatoms. The Hall–Kier alpha value is -3.06. The molecule has 0 atom stereocenters. The second kappa shape index (κ2) is 9.83. The molecule has 1 N–H and O–H groups in total. The molecule has 7 nitrogen and oxygen atoms in total. The van der Waals surface area contributed by atoms with Crippen molar-refractivity contribution in [2.24, 2.45) is 0 Å². The van der Waals surface area contributed by atoms with E-state index in [2.05, 4.69) is 5.32 Å². The molecule has 4 rings (SSSR count). The third kappa shape index (κ3) is 5.30. The lowest BCUT2D eigenvalue weighted by Gasteiger charge is -2.42. The van der Waals surface area contributed by atoms with Gasteiger partial charge in [0.15, 0.2) is 0 Å². The molecule has 2 fully saturated rings. The average molecular weight is 469 g/mol. The maximum atomic E-state index is 12.8. The number of piperidine rings is 1. The Balaban J connectivity index is 1.29. The fourth-order valence-electron chi connectivity index (χ4n) is 4.36. The van der Waals surface area contributed by atoms with Crippen molar-refractivity contribution in [3.05, 3.63) is 64.2 Å². The molecule has 0 aliphatic carbocycles. The maximum absolute atomic E-state index is 12.8. The lowest BCUT2D eigenvalue weighted by Crippen LogP contribution is -2.59. The van der Waals surface area contributed by atoms with Crippen molar-refractivity contribution in [3.8, 4) is 0 Å². The molecule has 4 amide bonds. The molecule has 0 spiro atoms. The van der Waals surface area contributed by atoms with Crippen LogP contribution >= 0.6 is 11.6 Å². The third-order valence-electron chi connectivity index (χ3n) is 6.45. The summed E-state index contributed by atoms with van der Waals surface area (Å²) < 4.78 is 0. The number of nitrogens with one attached hydrogen (secondary N) is 1. The van der Waals surface area contributed by atoms with Crippen LogP contribution in [-0.2, 0) is 16.1 Å². The van der Waals surface area contributed by atoms with Gasteiger partial charge in [-0.1, -0.05) is 47.5 Å². The number of aryl methyl sites for hydroxylation is 2. The average Bonchev–Trinajstić information content (AvgIpc) is 2.81. The van der Waals surface area contributed by atoms with Crippen LogP contribution in [0.15, 0.2) is 42.5 Å². The predicted molar refractivity (Wildman–Crippen MR) is 128 cm³/mol. The number of carbonyl (C=O) groups is 3. The van der Waals surface area contributed by atoms with E-state index in [0.29, 0.717) is 56.3 Å². The smallest absolute Gasteiger partial charge is 0.321 e. The zero-order chi connectivity index (χ0) is 23.5. The Morgan fingerprint density at radius 3 is 2.33 bits per heavy atom. The quantitative estimate of drug-likeness (QED) is 0.693. The number of halogens is 1. The number of anilines is 1. The van der Waals surface area contributed by atoms with Crippen molar-refractivity contribution in [3.63, 3.8) is 0 Å². The minimum Gasteiger partial charge on any atom is -0.330 e. The first kappa shape index (κ1) is 23.1. The number of amides is 4. The van der Waals surface area contributed by atoms with Crippen LogP contribution in [0.1, 0.15) is 29.5 Å². The van der Waals surface area contributed by atoms with E-state index in [-0.39, 0.29) is 12.1 Å². The van der Waals surface area contributed by atoms with Crippen LogP contribution in [0.25, 0.3) is 0 Å². The highest BCUT2D eigenvalue weighted by Gasteiger charge is 2.38. The number of benzene rings is 2. The van der Waals surface area contributed by atoms with Gasteiger partial charge in [-0.25, -0.2) is 4.79 Å². The van der Waals surface area contributed by atoms with Gasteiger partial charge in [-0.3, -0.25) is 9.59 Å². The van der Waals surface area contributed by atoms with E-state index in [1.165, 1.54) is 0 Å². The van der Waals surface area contributed by atoms with Crippen molar-refractivity contribution in [1.29, 1.82) is 0 Å². The summed E-state index contributed by atoms with van der Waals surface area (Å²) in [6.45, 7) is 6.47. The summed E-state index contributed by atoms with van der Waals surface area (Å²) in [5.74, 6) is -0.885. The van der Waals surface area contributed by atoms with Crippen LogP contribution in [0.5, 0.6) is 0 Å². The molecule has 2 heterocycles.